The highest BCUT2D eigenvalue weighted by atomic mass is 79.9. The van der Waals surface area contributed by atoms with E-state index in [-0.39, 0.29) is 29.8 Å². The molecule has 44 heavy (non-hydrogen) atoms. The summed E-state index contributed by atoms with van der Waals surface area (Å²) >= 11 is 3.41. The number of anilines is 1. The second kappa shape index (κ2) is 15.2. The van der Waals surface area contributed by atoms with Crippen LogP contribution in [0.25, 0.3) is 0 Å². The Kier molecular flexibility index (Phi) is 11.4. The number of halogens is 1. The number of carbonyl (C=O) groups excluding carboxylic acids is 2. The van der Waals surface area contributed by atoms with Crippen LogP contribution in [0.15, 0.2) is 119 Å². The van der Waals surface area contributed by atoms with Crippen molar-refractivity contribution >= 4 is 43.5 Å². The van der Waals surface area contributed by atoms with Gasteiger partial charge >= 0.3 is 0 Å². The summed E-state index contributed by atoms with van der Waals surface area (Å²) in [6.45, 7) is 5.51. The van der Waals surface area contributed by atoms with Gasteiger partial charge in [-0.25, -0.2) is 8.42 Å². The van der Waals surface area contributed by atoms with Gasteiger partial charge in [-0.05, 0) is 73.4 Å². The van der Waals surface area contributed by atoms with E-state index in [2.05, 4.69) is 21.2 Å². The molecule has 230 valence electrons. The minimum Gasteiger partial charge on any atom is -0.352 e. The maximum atomic E-state index is 14.5. The quantitative estimate of drug-likeness (QED) is 0.175. The van der Waals surface area contributed by atoms with Gasteiger partial charge in [0.1, 0.15) is 12.6 Å². The number of hydrogen-bond acceptors (Lipinski definition) is 4. The molecule has 0 saturated carbocycles. The fourth-order valence-corrected chi connectivity index (χ4v) is 6.52. The monoisotopic (exact) mass is 675 g/mol. The van der Waals surface area contributed by atoms with Gasteiger partial charge < -0.3 is 10.2 Å². The summed E-state index contributed by atoms with van der Waals surface area (Å²) in [6.07, 6.45) is 0.993. The molecule has 0 radical (unpaired) electrons. The smallest absolute Gasteiger partial charge is 0.264 e. The summed E-state index contributed by atoms with van der Waals surface area (Å²) in [7, 11) is -4.13. The Bertz CT molecular complexity index is 1650. The lowest BCUT2D eigenvalue weighted by Crippen LogP contribution is -2.54. The first-order chi connectivity index (χ1) is 21.1. The van der Waals surface area contributed by atoms with Crippen molar-refractivity contribution in [2.75, 3.05) is 10.8 Å². The first-order valence-corrected chi connectivity index (χ1v) is 16.8. The molecule has 0 fully saturated rings. The first kappa shape index (κ1) is 33.0. The highest BCUT2D eigenvalue weighted by Crippen LogP contribution is 2.26. The van der Waals surface area contributed by atoms with Gasteiger partial charge in [0.25, 0.3) is 10.0 Å². The van der Waals surface area contributed by atoms with Crippen LogP contribution in [0.3, 0.4) is 0 Å². The van der Waals surface area contributed by atoms with E-state index in [1.165, 1.54) is 17.0 Å². The highest BCUT2D eigenvalue weighted by molar-refractivity contribution is 9.10. The van der Waals surface area contributed by atoms with Crippen molar-refractivity contribution in [1.29, 1.82) is 0 Å². The zero-order valence-corrected chi connectivity index (χ0v) is 27.6. The molecule has 7 nitrogen and oxygen atoms in total. The third kappa shape index (κ3) is 8.36. The summed E-state index contributed by atoms with van der Waals surface area (Å²) in [5, 5.41) is 3.06. The van der Waals surface area contributed by atoms with E-state index < -0.39 is 28.5 Å². The zero-order valence-electron chi connectivity index (χ0n) is 25.2. The van der Waals surface area contributed by atoms with Crippen LogP contribution in [0.1, 0.15) is 37.0 Å². The maximum Gasteiger partial charge on any atom is 0.264 e. The van der Waals surface area contributed by atoms with Gasteiger partial charge in [0.2, 0.25) is 11.8 Å². The molecule has 4 rings (SSSR count). The van der Waals surface area contributed by atoms with E-state index >= 15 is 0 Å². The Morgan fingerprint density at radius 1 is 0.841 bits per heavy atom. The normalized spacial score (nSPS) is 12.6. The molecule has 0 aliphatic rings. The van der Waals surface area contributed by atoms with E-state index in [1.807, 2.05) is 75.4 Å². The van der Waals surface area contributed by atoms with Crippen LogP contribution in [0.2, 0.25) is 0 Å². The van der Waals surface area contributed by atoms with Crippen molar-refractivity contribution in [1.82, 2.24) is 10.2 Å². The van der Waals surface area contributed by atoms with Crippen LogP contribution in [0, 0.1) is 6.92 Å². The molecule has 2 amide bonds. The third-order valence-electron chi connectivity index (χ3n) is 7.60. The average molecular weight is 677 g/mol. The number of nitrogens with one attached hydrogen (secondary N) is 1. The third-order valence-corrected chi connectivity index (χ3v) is 9.92. The largest absolute Gasteiger partial charge is 0.352 e. The van der Waals surface area contributed by atoms with Crippen molar-refractivity contribution in [2.24, 2.45) is 0 Å². The molecule has 0 unspecified atom stereocenters. The minimum atomic E-state index is -4.13. The molecule has 1 N–H and O–H groups in total. The number of hydrogen-bond donors (Lipinski definition) is 1. The van der Waals surface area contributed by atoms with Crippen LogP contribution in [0.4, 0.5) is 5.69 Å². The Morgan fingerprint density at radius 2 is 1.43 bits per heavy atom. The van der Waals surface area contributed by atoms with Gasteiger partial charge in [0, 0.05) is 23.5 Å². The number of rotatable bonds is 13. The molecular formula is C35H38BrN3O4S. The number of aryl methyl sites for hydroxylation is 1. The first-order valence-electron chi connectivity index (χ1n) is 14.6. The molecule has 9 heteroatoms. The molecular weight excluding hydrogens is 638 g/mol. The SMILES string of the molecule is CC[C@@H](C)NC(=O)[C@@H](Cc1ccccc1)N(Cc1ccccc1C)C(=O)CN(c1ccc(Br)cc1)S(=O)(=O)c1ccccc1. The summed E-state index contributed by atoms with van der Waals surface area (Å²) in [6, 6.07) is 31.1. The second-order valence-corrected chi connectivity index (χ2v) is 13.6. The Hall–Kier alpha value is -3.95. The van der Waals surface area contributed by atoms with Gasteiger partial charge in [-0.15, -0.1) is 0 Å². The Morgan fingerprint density at radius 3 is 2.05 bits per heavy atom. The van der Waals surface area contributed by atoms with E-state index in [0.717, 1.165) is 31.9 Å². The van der Waals surface area contributed by atoms with Crippen molar-refractivity contribution in [3.05, 3.63) is 130 Å². The molecule has 4 aromatic carbocycles. The van der Waals surface area contributed by atoms with Gasteiger partial charge in [-0.3, -0.25) is 13.9 Å². The molecule has 0 heterocycles. The van der Waals surface area contributed by atoms with Crippen LogP contribution in [0.5, 0.6) is 0 Å². The highest BCUT2D eigenvalue weighted by Gasteiger charge is 2.35. The standard InChI is InChI=1S/C35H38BrN3O4S/c1-4-27(3)37-35(41)33(23-28-14-7-5-8-15-28)38(24-29-16-12-11-13-26(29)2)34(40)25-39(31-21-19-30(36)20-22-31)44(42,43)32-17-9-6-10-18-32/h5-22,27,33H,4,23-25H2,1-3H3,(H,37,41)/t27-,33-/m1/s1. The predicted molar refractivity (Wildman–Crippen MR) is 179 cm³/mol. The number of carbonyl (C=O) groups is 2. The Labute approximate surface area is 269 Å². The average Bonchev–Trinajstić information content (AvgIpc) is 3.03. The van der Waals surface area contributed by atoms with Crippen LogP contribution in [-0.2, 0) is 32.6 Å². The Balaban J connectivity index is 1.80. The number of amides is 2. The fourth-order valence-electron chi connectivity index (χ4n) is 4.82. The molecule has 0 bridgehead atoms. The number of nitrogens with zero attached hydrogens (tertiary/aromatic N) is 2. The lowest BCUT2D eigenvalue weighted by Gasteiger charge is -2.34. The van der Waals surface area contributed by atoms with E-state index in [1.54, 1.807) is 42.5 Å². The fraction of sp³-hybridized carbons (Fsp3) is 0.257. The molecule has 2 atom stereocenters. The van der Waals surface area contributed by atoms with E-state index in [0.29, 0.717) is 5.69 Å². The summed E-state index contributed by atoms with van der Waals surface area (Å²) in [5.41, 5.74) is 3.06. The maximum absolute atomic E-state index is 14.5. The molecule has 0 aromatic heterocycles. The van der Waals surface area contributed by atoms with Crippen LogP contribution in [-0.4, -0.2) is 43.8 Å². The zero-order chi connectivity index (χ0) is 31.7. The summed E-state index contributed by atoms with van der Waals surface area (Å²) in [4.78, 5) is 30.0. The van der Waals surface area contributed by atoms with Crippen molar-refractivity contribution in [3.8, 4) is 0 Å². The summed E-state index contributed by atoms with van der Waals surface area (Å²) < 4.78 is 30.0. The number of benzene rings is 4. The van der Waals surface area contributed by atoms with Crippen LogP contribution < -0.4 is 9.62 Å². The van der Waals surface area contributed by atoms with E-state index in [9.17, 15) is 18.0 Å². The van der Waals surface area contributed by atoms with Crippen molar-refractivity contribution < 1.29 is 18.0 Å². The predicted octanol–water partition coefficient (Wildman–Crippen LogP) is 6.51. The lowest BCUT2D eigenvalue weighted by molar-refractivity contribution is -0.140. The van der Waals surface area contributed by atoms with Crippen molar-refractivity contribution in [3.63, 3.8) is 0 Å². The van der Waals surface area contributed by atoms with E-state index in [4.69, 9.17) is 0 Å². The molecule has 0 aliphatic carbocycles. The molecule has 0 aliphatic heterocycles. The van der Waals surface area contributed by atoms with Gasteiger partial charge in [0.15, 0.2) is 0 Å². The van der Waals surface area contributed by atoms with Crippen molar-refractivity contribution in [2.45, 2.75) is 57.1 Å². The molecule has 0 spiro atoms. The minimum absolute atomic E-state index is 0.0662. The molecule has 0 saturated heterocycles. The number of sulfonamides is 1. The molecule has 4 aromatic rings. The van der Waals surface area contributed by atoms with Crippen LogP contribution >= 0.6 is 15.9 Å². The van der Waals surface area contributed by atoms with Gasteiger partial charge in [-0.1, -0.05) is 95.7 Å². The van der Waals surface area contributed by atoms with Gasteiger partial charge in [-0.2, -0.15) is 0 Å². The topological polar surface area (TPSA) is 86.8 Å². The second-order valence-electron chi connectivity index (χ2n) is 10.8. The summed E-state index contributed by atoms with van der Waals surface area (Å²) in [5.74, 6) is -0.776. The lowest BCUT2D eigenvalue weighted by atomic mass is 10.0. The van der Waals surface area contributed by atoms with Gasteiger partial charge in [0.05, 0.1) is 10.6 Å².